The molecule has 0 aliphatic rings. The predicted octanol–water partition coefficient (Wildman–Crippen LogP) is 3.24. The number of hydrogen-bond donors (Lipinski definition) is 0. The van der Waals surface area contributed by atoms with Crippen molar-refractivity contribution in [2.75, 3.05) is 7.05 Å². The Bertz CT molecular complexity index is 329. The van der Waals surface area contributed by atoms with Gasteiger partial charge in [0.05, 0.1) is 15.9 Å². The van der Waals surface area contributed by atoms with E-state index in [1.807, 2.05) is 14.0 Å². The largest absolute Gasteiger partial charge is 0.287 e. The molecule has 2 nitrogen and oxygen atoms in total. The summed E-state index contributed by atoms with van der Waals surface area (Å²) in [5.74, 6) is 0. The summed E-state index contributed by atoms with van der Waals surface area (Å²) in [5.41, 5.74) is 1.26. The fraction of sp³-hybridized carbons (Fsp3) is 0.500. The van der Waals surface area contributed by atoms with Gasteiger partial charge in [-0.25, -0.2) is 0 Å². The van der Waals surface area contributed by atoms with E-state index in [9.17, 15) is 0 Å². The Hall–Kier alpha value is -0.370. The van der Waals surface area contributed by atoms with Crippen molar-refractivity contribution < 1.29 is 0 Å². The Morgan fingerprint density at radius 2 is 2.43 bits per heavy atom. The van der Waals surface area contributed by atoms with E-state index in [-0.39, 0.29) is 6.04 Å². The molecule has 1 unspecified atom stereocenters. The molecule has 0 aromatic carbocycles. The summed E-state index contributed by atoms with van der Waals surface area (Å²) in [6.07, 6.45) is 0.873. The van der Waals surface area contributed by atoms with Crippen molar-refractivity contribution >= 4 is 27.3 Å². The second kappa shape index (κ2) is 5.50. The van der Waals surface area contributed by atoms with E-state index in [2.05, 4.69) is 38.3 Å². The molecule has 0 saturated heterocycles. The zero-order valence-corrected chi connectivity index (χ0v) is 10.7. The van der Waals surface area contributed by atoms with Gasteiger partial charge < -0.3 is 0 Å². The maximum Gasteiger partial charge on any atom is 0.0975 e. The Morgan fingerprint density at radius 3 is 2.86 bits per heavy atom. The third-order valence-electron chi connectivity index (χ3n) is 2.12. The summed E-state index contributed by atoms with van der Waals surface area (Å²) in [6.45, 7) is 2.88. The average Bonchev–Trinajstić information content (AvgIpc) is 2.53. The number of hydrogen-bond acceptors (Lipinski definition) is 3. The van der Waals surface area contributed by atoms with Gasteiger partial charge in [-0.05, 0) is 46.4 Å². The van der Waals surface area contributed by atoms with E-state index in [1.54, 1.807) is 11.3 Å². The smallest absolute Gasteiger partial charge is 0.0975 e. The molecule has 1 aromatic rings. The SMILES string of the molecule is CCC(C#N)N(C)Cc1csc(Br)c1. The molecule has 0 N–H and O–H groups in total. The van der Waals surface area contributed by atoms with Crippen LogP contribution in [-0.4, -0.2) is 18.0 Å². The van der Waals surface area contributed by atoms with Gasteiger partial charge in [0.15, 0.2) is 0 Å². The molecule has 0 spiro atoms. The molecule has 1 heterocycles. The van der Waals surface area contributed by atoms with Gasteiger partial charge >= 0.3 is 0 Å². The zero-order valence-electron chi connectivity index (χ0n) is 8.33. The van der Waals surface area contributed by atoms with Crippen LogP contribution < -0.4 is 0 Å². The lowest BCUT2D eigenvalue weighted by atomic mass is 10.2. The maximum absolute atomic E-state index is 8.88. The minimum absolute atomic E-state index is 0.0219. The van der Waals surface area contributed by atoms with Crippen molar-refractivity contribution in [3.05, 3.63) is 20.8 Å². The van der Waals surface area contributed by atoms with Crippen LogP contribution in [0.4, 0.5) is 0 Å². The fourth-order valence-electron chi connectivity index (χ4n) is 1.33. The van der Waals surface area contributed by atoms with Crippen molar-refractivity contribution in [1.29, 1.82) is 5.26 Å². The van der Waals surface area contributed by atoms with E-state index in [4.69, 9.17) is 5.26 Å². The second-order valence-electron chi connectivity index (χ2n) is 3.23. The normalized spacial score (nSPS) is 12.8. The highest BCUT2D eigenvalue weighted by Crippen LogP contribution is 2.22. The third kappa shape index (κ3) is 3.09. The number of nitrogens with zero attached hydrogens (tertiary/aromatic N) is 2. The van der Waals surface area contributed by atoms with E-state index in [0.717, 1.165) is 16.8 Å². The Kier molecular flexibility index (Phi) is 4.59. The molecule has 14 heavy (non-hydrogen) atoms. The van der Waals surface area contributed by atoms with Crippen molar-refractivity contribution in [1.82, 2.24) is 4.90 Å². The average molecular weight is 273 g/mol. The Morgan fingerprint density at radius 1 is 1.71 bits per heavy atom. The van der Waals surface area contributed by atoms with Crippen LogP contribution in [0.15, 0.2) is 15.2 Å². The third-order valence-corrected chi connectivity index (χ3v) is 3.67. The summed E-state index contributed by atoms with van der Waals surface area (Å²) in [4.78, 5) is 2.08. The maximum atomic E-state index is 8.88. The van der Waals surface area contributed by atoms with Crippen LogP contribution in [0.1, 0.15) is 18.9 Å². The summed E-state index contributed by atoms with van der Waals surface area (Å²) in [6, 6.07) is 4.42. The van der Waals surface area contributed by atoms with Gasteiger partial charge in [-0.2, -0.15) is 5.26 Å². The van der Waals surface area contributed by atoms with E-state index < -0.39 is 0 Å². The first-order chi connectivity index (χ1) is 6.67. The highest BCUT2D eigenvalue weighted by molar-refractivity contribution is 9.11. The molecule has 0 bridgehead atoms. The topological polar surface area (TPSA) is 27.0 Å². The van der Waals surface area contributed by atoms with Crippen molar-refractivity contribution in [2.24, 2.45) is 0 Å². The lowest BCUT2D eigenvalue weighted by Gasteiger charge is -2.20. The van der Waals surface area contributed by atoms with E-state index in [1.165, 1.54) is 5.56 Å². The van der Waals surface area contributed by atoms with Gasteiger partial charge in [0.1, 0.15) is 0 Å². The van der Waals surface area contributed by atoms with Crippen LogP contribution in [0.25, 0.3) is 0 Å². The molecule has 0 aliphatic carbocycles. The first-order valence-electron chi connectivity index (χ1n) is 4.50. The predicted molar refractivity (Wildman–Crippen MR) is 63.2 cm³/mol. The molecule has 1 rings (SSSR count). The molecular weight excluding hydrogens is 260 g/mol. The van der Waals surface area contributed by atoms with Crippen LogP contribution in [0.2, 0.25) is 0 Å². The monoisotopic (exact) mass is 272 g/mol. The summed E-state index contributed by atoms with van der Waals surface area (Å²) in [5, 5.41) is 11.0. The van der Waals surface area contributed by atoms with Crippen molar-refractivity contribution in [3.8, 4) is 6.07 Å². The molecule has 0 amide bonds. The minimum atomic E-state index is 0.0219. The van der Waals surface area contributed by atoms with Gasteiger partial charge in [-0.15, -0.1) is 11.3 Å². The van der Waals surface area contributed by atoms with Crippen LogP contribution in [0.5, 0.6) is 0 Å². The van der Waals surface area contributed by atoms with Crippen molar-refractivity contribution in [3.63, 3.8) is 0 Å². The van der Waals surface area contributed by atoms with Crippen LogP contribution >= 0.6 is 27.3 Å². The number of halogens is 1. The molecule has 4 heteroatoms. The summed E-state index contributed by atoms with van der Waals surface area (Å²) >= 11 is 5.11. The fourth-order valence-corrected chi connectivity index (χ4v) is 2.53. The highest BCUT2D eigenvalue weighted by atomic mass is 79.9. The van der Waals surface area contributed by atoms with Gasteiger partial charge in [-0.1, -0.05) is 6.92 Å². The Balaban J connectivity index is 2.56. The number of rotatable bonds is 4. The first kappa shape index (κ1) is 11.7. The lowest BCUT2D eigenvalue weighted by Crippen LogP contribution is -2.28. The van der Waals surface area contributed by atoms with Crippen LogP contribution in [0.3, 0.4) is 0 Å². The van der Waals surface area contributed by atoms with Gasteiger partial charge in [0, 0.05) is 6.54 Å². The molecular formula is C10H13BrN2S. The van der Waals surface area contributed by atoms with E-state index >= 15 is 0 Å². The quantitative estimate of drug-likeness (QED) is 0.842. The number of nitriles is 1. The molecule has 0 saturated carbocycles. The molecule has 1 aromatic heterocycles. The minimum Gasteiger partial charge on any atom is -0.287 e. The summed E-state index contributed by atoms with van der Waals surface area (Å²) < 4.78 is 1.14. The Labute approximate surface area is 97.3 Å². The molecule has 0 radical (unpaired) electrons. The zero-order chi connectivity index (χ0) is 10.6. The van der Waals surface area contributed by atoms with Crippen LogP contribution in [0, 0.1) is 11.3 Å². The van der Waals surface area contributed by atoms with E-state index in [0.29, 0.717) is 0 Å². The molecule has 0 aliphatic heterocycles. The van der Waals surface area contributed by atoms with Gasteiger partial charge in [-0.3, -0.25) is 4.90 Å². The van der Waals surface area contributed by atoms with Gasteiger partial charge in [0.25, 0.3) is 0 Å². The van der Waals surface area contributed by atoms with Crippen molar-refractivity contribution in [2.45, 2.75) is 25.9 Å². The summed E-state index contributed by atoms with van der Waals surface area (Å²) in [7, 11) is 1.99. The highest BCUT2D eigenvalue weighted by Gasteiger charge is 2.11. The molecule has 76 valence electrons. The lowest BCUT2D eigenvalue weighted by molar-refractivity contribution is 0.274. The molecule has 0 fully saturated rings. The standard InChI is InChI=1S/C10H13BrN2S/c1-3-9(5-12)13(2)6-8-4-10(11)14-7-8/h4,7,9H,3,6H2,1-2H3. The number of thiophene rings is 1. The molecule has 1 atom stereocenters. The first-order valence-corrected chi connectivity index (χ1v) is 6.17. The second-order valence-corrected chi connectivity index (χ2v) is 5.52. The van der Waals surface area contributed by atoms with Gasteiger partial charge in [0.2, 0.25) is 0 Å². The van der Waals surface area contributed by atoms with Crippen LogP contribution in [-0.2, 0) is 6.54 Å².